The van der Waals surface area contributed by atoms with E-state index in [4.69, 9.17) is 23.7 Å². The lowest BCUT2D eigenvalue weighted by Crippen LogP contribution is -2.18. The van der Waals surface area contributed by atoms with Crippen molar-refractivity contribution in [3.63, 3.8) is 0 Å². The standard InChI is InChI=1S/C17H22O7/c1-6-23-16(18)12(17(19)24-7-2)8-11-9-14(21-4)15(22-5)10-13(11)20-3/h8-10H,6-7H2,1-5H3. The van der Waals surface area contributed by atoms with Crippen molar-refractivity contribution in [2.45, 2.75) is 13.8 Å². The predicted molar refractivity (Wildman–Crippen MR) is 87.3 cm³/mol. The topological polar surface area (TPSA) is 80.3 Å². The van der Waals surface area contributed by atoms with Crippen molar-refractivity contribution in [2.75, 3.05) is 34.5 Å². The van der Waals surface area contributed by atoms with E-state index in [9.17, 15) is 9.59 Å². The number of carbonyl (C=O) groups is 2. The van der Waals surface area contributed by atoms with Crippen LogP contribution in [0.15, 0.2) is 17.7 Å². The number of hydrogen-bond donors (Lipinski definition) is 0. The molecule has 0 fully saturated rings. The molecule has 0 N–H and O–H groups in total. The summed E-state index contributed by atoms with van der Waals surface area (Å²) in [5, 5.41) is 0. The maximum absolute atomic E-state index is 12.1. The predicted octanol–water partition coefficient (Wildman–Crippen LogP) is 2.22. The zero-order valence-electron chi connectivity index (χ0n) is 14.5. The van der Waals surface area contributed by atoms with E-state index in [0.717, 1.165) is 0 Å². The average molecular weight is 338 g/mol. The summed E-state index contributed by atoms with van der Waals surface area (Å²) in [5.41, 5.74) is 0.218. The Bertz CT molecular complexity index is 600. The molecule has 0 spiro atoms. The minimum Gasteiger partial charge on any atom is -0.496 e. The number of methoxy groups -OCH3 is 3. The maximum atomic E-state index is 12.1. The minimum absolute atomic E-state index is 0.138. The highest BCUT2D eigenvalue weighted by molar-refractivity contribution is 6.17. The van der Waals surface area contributed by atoms with Gasteiger partial charge in [-0.25, -0.2) is 9.59 Å². The van der Waals surface area contributed by atoms with Gasteiger partial charge in [-0.3, -0.25) is 0 Å². The Hall–Kier alpha value is -2.70. The summed E-state index contributed by atoms with van der Waals surface area (Å²) < 4.78 is 25.5. The number of carbonyl (C=O) groups excluding carboxylic acids is 2. The molecule has 1 rings (SSSR count). The first-order chi connectivity index (χ1) is 11.5. The molecule has 7 nitrogen and oxygen atoms in total. The van der Waals surface area contributed by atoms with Crippen molar-refractivity contribution in [2.24, 2.45) is 0 Å². The molecule has 24 heavy (non-hydrogen) atoms. The summed E-state index contributed by atoms with van der Waals surface area (Å²) in [4.78, 5) is 24.1. The molecule has 0 saturated carbocycles. The van der Waals surface area contributed by atoms with Crippen LogP contribution in [0.1, 0.15) is 19.4 Å². The van der Waals surface area contributed by atoms with Crippen LogP contribution >= 0.6 is 0 Å². The lowest BCUT2D eigenvalue weighted by Gasteiger charge is -2.13. The molecule has 0 atom stereocenters. The second-order valence-electron chi connectivity index (χ2n) is 4.45. The van der Waals surface area contributed by atoms with Crippen LogP contribution in [-0.2, 0) is 19.1 Å². The first-order valence-electron chi connectivity index (χ1n) is 7.38. The third-order valence-electron chi connectivity index (χ3n) is 3.03. The average Bonchev–Trinajstić information content (AvgIpc) is 2.59. The van der Waals surface area contributed by atoms with E-state index in [-0.39, 0.29) is 18.8 Å². The molecular weight excluding hydrogens is 316 g/mol. The van der Waals surface area contributed by atoms with Gasteiger partial charge in [-0.15, -0.1) is 0 Å². The van der Waals surface area contributed by atoms with Crippen molar-refractivity contribution >= 4 is 18.0 Å². The Labute approximate surface area is 141 Å². The smallest absolute Gasteiger partial charge is 0.345 e. The molecular formula is C17H22O7. The highest BCUT2D eigenvalue weighted by Crippen LogP contribution is 2.35. The molecule has 132 valence electrons. The van der Waals surface area contributed by atoms with Crippen LogP contribution in [0.2, 0.25) is 0 Å². The van der Waals surface area contributed by atoms with Crippen molar-refractivity contribution in [1.82, 2.24) is 0 Å². The lowest BCUT2D eigenvalue weighted by molar-refractivity contribution is -0.146. The lowest BCUT2D eigenvalue weighted by atomic mass is 10.1. The fourth-order valence-corrected chi connectivity index (χ4v) is 1.94. The van der Waals surface area contributed by atoms with E-state index >= 15 is 0 Å². The molecule has 0 aliphatic carbocycles. The molecule has 0 amide bonds. The highest BCUT2D eigenvalue weighted by Gasteiger charge is 2.22. The van der Waals surface area contributed by atoms with Crippen LogP contribution < -0.4 is 14.2 Å². The Balaban J connectivity index is 3.43. The van der Waals surface area contributed by atoms with Gasteiger partial charge in [0.25, 0.3) is 0 Å². The largest absolute Gasteiger partial charge is 0.496 e. The zero-order chi connectivity index (χ0) is 18.1. The summed E-state index contributed by atoms with van der Waals surface area (Å²) in [6.45, 7) is 3.58. The van der Waals surface area contributed by atoms with Gasteiger partial charge in [0.2, 0.25) is 0 Å². The van der Waals surface area contributed by atoms with Gasteiger partial charge in [0.15, 0.2) is 11.5 Å². The molecule has 0 aliphatic rings. The number of benzene rings is 1. The van der Waals surface area contributed by atoms with Crippen molar-refractivity contribution in [3.8, 4) is 17.2 Å². The monoisotopic (exact) mass is 338 g/mol. The molecule has 0 radical (unpaired) electrons. The summed E-state index contributed by atoms with van der Waals surface area (Å²) in [6, 6.07) is 3.19. The quantitative estimate of drug-likeness (QED) is 0.311. The van der Waals surface area contributed by atoms with E-state index in [0.29, 0.717) is 22.8 Å². The van der Waals surface area contributed by atoms with Crippen LogP contribution in [0.25, 0.3) is 6.08 Å². The Morgan fingerprint density at radius 2 is 1.29 bits per heavy atom. The normalized spacial score (nSPS) is 9.71. The number of ether oxygens (including phenoxy) is 5. The number of esters is 2. The first-order valence-corrected chi connectivity index (χ1v) is 7.38. The number of hydrogen-bond acceptors (Lipinski definition) is 7. The third kappa shape index (κ3) is 4.65. The fourth-order valence-electron chi connectivity index (χ4n) is 1.94. The summed E-state index contributed by atoms with van der Waals surface area (Å²) in [5.74, 6) is -0.253. The van der Waals surface area contributed by atoms with Crippen LogP contribution in [0.4, 0.5) is 0 Å². The SMILES string of the molecule is CCOC(=O)C(=Cc1cc(OC)c(OC)cc1OC)C(=O)OCC. The van der Waals surface area contributed by atoms with Gasteiger partial charge in [-0.2, -0.15) is 0 Å². The van der Waals surface area contributed by atoms with Gasteiger partial charge < -0.3 is 23.7 Å². The van der Waals surface area contributed by atoms with E-state index in [2.05, 4.69) is 0 Å². The highest BCUT2D eigenvalue weighted by atomic mass is 16.6. The minimum atomic E-state index is -0.771. The van der Waals surface area contributed by atoms with Crippen LogP contribution in [-0.4, -0.2) is 46.5 Å². The zero-order valence-corrected chi connectivity index (χ0v) is 14.5. The van der Waals surface area contributed by atoms with Crippen molar-refractivity contribution in [1.29, 1.82) is 0 Å². The maximum Gasteiger partial charge on any atom is 0.345 e. The van der Waals surface area contributed by atoms with E-state index < -0.39 is 11.9 Å². The van der Waals surface area contributed by atoms with Gasteiger partial charge in [-0.05, 0) is 26.0 Å². The summed E-state index contributed by atoms with van der Waals surface area (Å²) in [7, 11) is 4.44. The van der Waals surface area contributed by atoms with E-state index in [1.807, 2.05) is 0 Å². The van der Waals surface area contributed by atoms with E-state index in [1.54, 1.807) is 26.0 Å². The van der Waals surface area contributed by atoms with Gasteiger partial charge in [0, 0.05) is 11.6 Å². The van der Waals surface area contributed by atoms with Gasteiger partial charge >= 0.3 is 11.9 Å². The first kappa shape index (κ1) is 19.3. The van der Waals surface area contributed by atoms with Gasteiger partial charge in [0.1, 0.15) is 11.3 Å². The van der Waals surface area contributed by atoms with Crippen molar-refractivity contribution in [3.05, 3.63) is 23.3 Å². The molecule has 0 aliphatic heterocycles. The van der Waals surface area contributed by atoms with E-state index in [1.165, 1.54) is 27.4 Å². The van der Waals surface area contributed by atoms with Crippen molar-refractivity contribution < 1.29 is 33.3 Å². The summed E-state index contributed by atoms with van der Waals surface area (Å²) in [6.07, 6.45) is 1.34. The Kier molecular flexibility index (Phi) is 7.61. The molecule has 0 unspecified atom stereocenters. The molecule has 1 aromatic carbocycles. The number of rotatable bonds is 8. The molecule has 0 saturated heterocycles. The second kappa shape index (κ2) is 9.44. The second-order valence-corrected chi connectivity index (χ2v) is 4.45. The molecule has 0 heterocycles. The van der Waals surface area contributed by atoms with Crippen LogP contribution in [0, 0.1) is 0 Å². The molecule has 7 heteroatoms. The molecule has 1 aromatic rings. The Morgan fingerprint density at radius 1 is 0.833 bits per heavy atom. The van der Waals surface area contributed by atoms with Gasteiger partial charge in [-0.1, -0.05) is 0 Å². The summed E-state index contributed by atoms with van der Waals surface area (Å²) >= 11 is 0. The molecule has 0 bridgehead atoms. The molecule has 0 aromatic heterocycles. The Morgan fingerprint density at radius 3 is 1.71 bits per heavy atom. The van der Waals surface area contributed by atoms with Crippen LogP contribution in [0.3, 0.4) is 0 Å². The fraction of sp³-hybridized carbons (Fsp3) is 0.412. The van der Waals surface area contributed by atoms with Gasteiger partial charge in [0.05, 0.1) is 34.5 Å². The van der Waals surface area contributed by atoms with Crippen LogP contribution in [0.5, 0.6) is 17.2 Å². The third-order valence-corrected chi connectivity index (χ3v) is 3.03.